The molecule has 0 saturated carbocycles. The lowest BCUT2D eigenvalue weighted by Crippen LogP contribution is -2.00. The average Bonchev–Trinajstić information content (AvgIpc) is 3.18. The van der Waals surface area contributed by atoms with E-state index < -0.39 is 0 Å². The van der Waals surface area contributed by atoms with Gasteiger partial charge in [-0.1, -0.05) is 32.9 Å². The molecule has 0 fully saturated rings. The molecule has 0 aromatic carbocycles. The summed E-state index contributed by atoms with van der Waals surface area (Å²) in [5.41, 5.74) is 5.92. The Kier molecular flexibility index (Phi) is 3.60. The van der Waals surface area contributed by atoms with Gasteiger partial charge in [-0.2, -0.15) is 0 Å². The van der Waals surface area contributed by atoms with Gasteiger partial charge < -0.3 is 8.80 Å². The zero-order valence-corrected chi connectivity index (χ0v) is 14.3. The van der Waals surface area contributed by atoms with E-state index in [4.69, 9.17) is 4.98 Å². The van der Waals surface area contributed by atoms with E-state index in [2.05, 4.69) is 77.4 Å². The molecule has 24 heavy (non-hydrogen) atoms. The van der Waals surface area contributed by atoms with Crippen LogP contribution in [0.2, 0.25) is 0 Å². The summed E-state index contributed by atoms with van der Waals surface area (Å²) >= 11 is 0. The maximum absolute atomic E-state index is 4.77. The maximum Gasteiger partial charge on any atom is 0.136 e. The highest BCUT2D eigenvalue weighted by Gasteiger charge is 2.11. The van der Waals surface area contributed by atoms with Crippen molar-refractivity contribution in [3.8, 4) is 0 Å². The molecule has 0 aliphatic carbocycles. The van der Waals surface area contributed by atoms with Gasteiger partial charge in [0.1, 0.15) is 5.65 Å². The van der Waals surface area contributed by atoms with Gasteiger partial charge in [0, 0.05) is 18.6 Å². The van der Waals surface area contributed by atoms with Crippen LogP contribution in [0, 0.1) is 0 Å². The molecule has 4 aromatic heterocycles. The molecular formula is C20H22N4. The maximum atomic E-state index is 4.77. The molecule has 4 nitrogen and oxygen atoms in total. The first-order chi connectivity index (χ1) is 11.6. The minimum Gasteiger partial charge on any atom is -0.307 e. The lowest BCUT2D eigenvalue weighted by atomic mass is 9.98. The van der Waals surface area contributed by atoms with E-state index in [9.17, 15) is 0 Å². The Hall–Kier alpha value is -2.62. The number of hydrogen-bond acceptors (Lipinski definition) is 2. The Balaban J connectivity index is 1.60. The summed E-state index contributed by atoms with van der Waals surface area (Å²) in [5.74, 6) is 0.937. The Labute approximate surface area is 141 Å². The van der Waals surface area contributed by atoms with Gasteiger partial charge in [0.2, 0.25) is 0 Å². The van der Waals surface area contributed by atoms with Gasteiger partial charge in [-0.15, -0.1) is 0 Å². The molecule has 0 radical (unpaired) electrons. The molecule has 0 aliphatic heterocycles. The van der Waals surface area contributed by atoms with Crippen LogP contribution in [0.5, 0.6) is 0 Å². The predicted octanol–water partition coefficient (Wildman–Crippen LogP) is 4.45. The Morgan fingerprint density at radius 2 is 1.71 bits per heavy atom. The Bertz CT molecular complexity index is 993. The van der Waals surface area contributed by atoms with Gasteiger partial charge in [-0.05, 0) is 41.5 Å². The van der Waals surface area contributed by atoms with Crippen LogP contribution in [0.25, 0.3) is 11.2 Å². The summed E-state index contributed by atoms with van der Waals surface area (Å²) in [6, 6.07) is 8.60. The van der Waals surface area contributed by atoms with Crippen molar-refractivity contribution < 1.29 is 0 Å². The molecule has 0 saturated heterocycles. The van der Waals surface area contributed by atoms with Crippen LogP contribution in [-0.4, -0.2) is 18.8 Å². The molecule has 4 rings (SSSR count). The first kappa shape index (κ1) is 14.9. The van der Waals surface area contributed by atoms with Crippen molar-refractivity contribution in [2.75, 3.05) is 0 Å². The summed E-state index contributed by atoms with van der Waals surface area (Å²) in [5, 5.41) is 0. The van der Waals surface area contributed by atoms with E-state index >= 15 is 0 Å². The van der Waals surface area contributed by atoms with E-state index in [-0.39, 0.29) is 0 Å². The third kappa shape index (κ3) is 2.68. The molecule has 0 aliphatic rings. The van der Waals surface area contributed by atoms with Crippen LogP contribution in [-0.2, 0) is 6.42 Å². The van der Waals surface area contributed by atoms with Crippen LogP contribution < -0.4 is 0 Å². The molecule has 4 aromatic rings. The number of hydrogen-bond donors (Lipinski definition) is 0. The van der Waals surface area contributed by atoms with E-state index in [0.29, 0.717) is 11.8 Å². The second-order valence-corrected chi connectivity index (χ2v) is 6.91. The molecule has 1 unspecified atom stereocenters. The highest BCUT2D eigenvalue weighted by atomic mass is 15.0. The molecular weight excluding hydrogens is 296 g/mol. The number of imidazole rings is 2. The predicted molar refractivity (Wildman–Crippen MR) is 96.6 cm³/mol. The van der Waals surface area contributed by atoms with Crippen molar-refractivity contribution in [3.05, 3.63) is 72.2 Å². The third-order valence-corrected chi connectivity index (χ3v) is 4.71. The van der Waals surface area contributed by atoms with Crippen LogP contribution in [0.3, 0.4) is 0 Å². The third-order valence-electron chi connectivity index (χ3n) is 4.71. The van der Waals surface area contributed by atoms with Crippen molar-refractivity contribution in [1.29, 1.82) is 0 Å². The molecule has 4 heteroatoms. The zero-order chi connectivity index (χ0) is 16.7. The Morgan fingerprint density at radius 1 is 0.917 bits per heavy atom. The normalized spacial score (nSPS) is 13.2. The first-order valence-electron chi connectivity index (χ1n) is 8.49. The van der Waals surface area contributed by atoms with Gasteiger partial charge in [0.05, 0.1) is 23.7 Å². The lowest BCUT2D eigenvalue weighted by molar-refractivity contribution is 0.739. The van der Waals surface area contributed by atoms with Crippen LogP contribution in [0.15, 0.2) is 55.4 Å². The van der Waals surface area contributed by atoms with Gasteiger partial charge >= 0.3 is 0 Å². The highest BCUT2D eigenvalue weighted by Crippen LogP contribution is 2.22. The second-order valence-electron chi connectivity index (χ2n) is 6.91. The van der Waals surface area contributed by atoms with Crippen molar-refractivity contribution in [2.45, 2.75) is 39.0 Å². The quantitative estimate of drug-likeness (QED) is 0.557. The molecule has 122 valence electrons. The zero-order valence-electron chi connectivity index (χ0n) is 14.3. The van der Waals surface area contributed by atoms with E-state index in [1.54, 1.807) is 0 Å². The monoisotopic (exact) mass is 318 g/mol. The fraction of sp³-hybridized carbons (Fsp3) is 0.300. The van der Waals surface area contributed by atoms with E-state index in [1.165, 1.54) is 11.1 Å². The molecule has 4 heterocycles. The lowest BCUT2D eigenvalue weighted by Gasteiger charge is -2.10. The van der Waals surface area contributed by atoms with Gasteiger partial charge in [0.25, 0.3) is 0 Å². The number of pyridine rings is 2. The summed E-state index contributed by atoms with van der Waals surface area (Å²) in [6.45, 7) is 6.68. The Morgan fingerprint density at radius 3 is 2.54 bits per heavy atom. The largest absolute Gasteiger partial charge is 0.307 e. The number of fused-ring (bicyclic) bond motifs is 2. The fourth-order valence-electron chi connectivity index (χ4n) is 3.16. The van der Waals surface area contributed by atoms with Gasteiger partial charge in [-0.3, -0.25) is 0 Å². The summed E-state index contributed by atoms with van der Waals surface area (Å²) in [7, 11) is 0. The summed E-state index contributed by atoms with van der Waals surface area (Å²) in [4.78, 5) is 8.96. The number of nitrogens with zero attached hydrogens (tertiary/aromatic N) is 4. The molecule has 0 spiro atoms. The van der Waals surface area contributed by atoms with Crippen molar-refractivity contribution in [3.63, 3.8) is 0 Å². The topological polar surface area (TPSA) is 34.6 Å². The van der Waals surface area contributed by atoms with Gasteiger partial charge in [0.15, 0.2) is 0 Å². The number of aromatic nitrogens is 4. The van der Waals surface area contributed by atoms with E-state index in [1.807, 2.05) is 12.5 Å². The van der Waals surface area contributed by atoms with E-state index in [0.717, 1.165) is 23.3 Å². The second kappa shape index (κ2) is 5.78. The molecule has 1 atom stereocenters. The van der Waals surface area contributed by atoms with Crippen LogP contribution in [0.1, 0.15) is 49.4 Å². The first-order valence-corrected chi connectivity index (χ1v) is 8.49. The van der Waals surface area contributed by atoms with Crippen LogP contribution in [0.4, 0.5) is 0 Å². The minimum absolute atomic E-state index is 0.409. The molecule has 0 bridgehead atoms. The van der Waals surface area contributed by atoms with Gasteiger partial charge in [-0.25, -0.2) is 9.97 Å². The molecule has 0 amide bonds. The molecule has 0 N–H and O–H groups in total. The van der Waals surface area contributed by atoms with Crippen LogP contribution >= 0.6 is 0 Å². The van der Waals surface area contributed by atoms with Crippen molar-refractivity contribution in [1.82, 2.24) is 18.8 Å². The SMILES string of the molecule is CC(C)c1ccc2nc(CC(C)c3ccc4cncn4c3)cn2c1. The van der Waals surface area contributed by atoms with Crippen molar-refractivity contribution >= 4 is 11.2 Å². The standard InChI is InChI=1S/C20H22N4/c1-14(2)16-5-7-20-22-18(12-23(20)10-16)8-15(3)17-4-6-19-9-21-13-24(19)11-17/h4-7,9-15H,8H2,1-3H3. The summed E-state index contributed by atoms with van der Waals surface area (Å²) < 4.78 is 4.22. The van der Waals surface area contributed by atoms with Crippen molar-refractivity contribution in [2.24, 2.45) is 0 Å². The minimum atomic E-state index is 0.409. The average molecular weight is 318 g/mol. The number of rotatable bonds is 4. The summed E-state index contributed by atoms with van der Waals surface area (Å²) in [6.07, 6.45) is 11.2. The fourth-order valence-corrected chi connectivity index (χ4v) is 3.16. The highest BCUT2D eigenvalue weighted by molar-refractivity contribution is 5.46. The smallest absolute Gasteiger partial charge is 0.136 e.